The van der Waals surface area contributed by atoms with Gasteiger partial charge in [0.05, 0.1) is 23.1 Å². The van der Waals surface area contributed by atoms with Gasteiger partial charge in [0.2, 0.25) is 15.9 Å². The molecule has 0 atom stereocenters. The minimum Gasteiger partial charge on any atom is -0.492 e. The van der Waals surface area contributed by atoms with Gasteiger partial charge in [0, 0.05) is 13.1 Å². The minimum absolute atomic E-state index is 0.0391. The second-order valence-electron chi connectivity index (χ2n) is 6.90. The third-order valence-corrected chi connectivity index (χ3v) is 6.84. The summed E-state index contributed by atoms with van der Waals surface area (Å²) in [4.78, 5) is 12.4. The SMILES string of the molecule is CCOc1ccc(S(=O)(=O)N(C)CC(=O)NC2CCCCCCC2)cc1Cl. The van der Waals surface area contributed by atoms with Crippen molar-refractivity contribution in [3.8, 4) is 5.75 Å². The summed E-state index contributed by atoms with van der Waals surface area (Å²) in [6, 6.07) is 4.45. The van der Waals surface area contributed by atoms with Crippen molar-refractivity contribution in [3.05, 3.63) is 23.2 Å². The lowest BCUT2D eigenvalue weighted by Crippen LogP contribution is -2.42. The lowest BCUT2D eigenvalue weighted by atomic mass is 9.97. The van der Waals surface area contributed by atoms with E-state index in [1.54, 1.807) is 0 Å². The predicted octanol–water partition coefficient (Wildman–Crippen LogP) is 3.59. The van der Waals surface area contributed by atoms with Crippen LogP contribution in [0.5, 0.6) is 5.75 Å². The summed E-state index contributed by atoms with van der Waals surface area (Å²) >= 11 is 6.09. The first-order chi connectivity index (χ1) is 12.8. The molecular formula is C19H29ClN2O4S. The Bertz CT molecular complexity index is 731. The summed E-state index contributed by atoms with van der Waals surface area (Å²) < 4.78 is 31.8. The van der Waals surface area contributed by atoms with Crippen LogP contribution < -0.4 is 10.1 Å². The van der Waals surface area contributed by atoms with Crippen molar-refractivity contribution in [2.24, 2.45) is 0 Å². The van der Waals surface area contributed by atoms with Crippen LogP contribution in [-0.2, 0) is 14.8 Å². The fourth-order valence-corrected chi connectivity index (χ4v) is 4.71. The van der Waals surface area contributed by atoms with E-state index < -0.39 is 10.0 Å². The van der Waals surface area contributed by atoms with Crippen molar-refractivity contribution in [2.75, 3.05) is 20.2 Å². The van der Waals surface area contributed by atoms with Gasteiger partial charge in [-0.2, -0.15) is 4.31 Å². The highest BCUT2D eigenvalue weighted by molar-refractivity contribution is 7.89. The van der Waals surface area contributed by atoms with Crippen LogP contribution >= 0.6 is 11.6 Å². The van der Waals surface area contributed by atoms with E-state index in [9.17, 15) is 13.2 Å². The molecule has 0 aliphatic heterocycles. The molecule has 0 heterocycles. The van der Waals surface area contributed by atoms with Crippen LogP contribution in [0.25, 0.3) is 0 Å². The van der Waals surface area contributed by atoms with Crippen LogP contribution in [0.4, 0.5) is 0 Å². The zero-order chi connectivity index (χ0) is 19.9. The van der Waals surface area contributed by atoms with E-state index >= 15 is 0 Å². The van der Waals surface area contributed by atoms with Gasteiger partial charge in [-0.3, -0.25) is 4.79 Å². The van der Waals surface area contributed by atoms with Gasteiger partial charge in [-0.1, -0.05) is 43.7 Å². The first-order valence-corrected chi connectivity index (χ1v) is 11.3. The molecule has 1 aliphatic rings. The molecule has 1 amide bonds. The van der Waals surface area contributed by atoms with Crippen LogP contribution in [0.15, 0.2) is 23.1 Å². The van der Waals surface area contributed by atoms with Gasteiger partial charge in [-0.15, -0.1) is 0 Å². The lowest BCUT2D eigenvalue weighted by molar-refractivity contribution is -0.121. The standard InChI is InChI=1S/C19H29ClN2O4S/c1-3-26-18-12-11-16(13-17(18)20)27(24,25)22(2)14-19(23)21-15-9-7-5-4-6-8-10-15/h11-13,15H,3-10,14H2,1-2H3,(H,21,23). The van der Waals surface area contributed by atoms with E-state index in [1.165, 1.54) is 44.5 Å². The Kier molecular flexibility index (Phi) is 8.38. The average Bonchev–Trinajstić information content (AvgIpc) is 2.59. The first kappa shape index (κ1) is 22.0. The molecular weight excluding hydrogens is 388 g/mol. The molecule has 0 aromatic heterocycles. The number of hydrogen-bond acceptors (Lipinski definition) is 4. The van der Waals surface area contributed by atoms with Gasteiger partial charge in [0.1, 0.15) is 5.75 Å². The fourth-order valence-electron chi connectivity index (χ4n) is 3.26. The number of halogens is 1. The number of nitrogens with one attached hydrogen (secondary N) is 1. The van der Waals surface area contributed by atoms with E-state index in [0.717, 1.165) is 30.0 Å². The monoisotopic (exact) mass is 416 g/mol. The molecule has 152 valence electrons. The molecule has 27 heavy (non-hydrogen) atoms. The van der Waals surface area contributed by atoms with Crippen LogP contribution in [0.3, 0.4) is 0 Å². The van der Waals surface area contributed by atoms with Crippen molar-refractivity contribution >= 4 is 27.5 Å². The van der Waals surface area contributed by atoms with E-state index in [4.69, 9.17) is 16.3 Å². The number of rotatable bonds is 7. The molecule has 6 nitrogen and oxygen atoms in total. The quantitative estimate of drug-likeness (QED) is 0.736. The molecule has 0 bridgehead atoms. The zero-order valence-corrected chi connectivity index (χ0v) is 17.6. The number of ether oxygens (including phenoxy) is 1. The van der Waals surface area contributed by atoms with Gasteiger partial charge in [0.25, 0.3) is 0 Å². The van der Waals surface area contributed by atoms with Gasteiger partial charge >= 0.3 is 0 Å². The number of benzene rings is 1. The number of sulfonamides is 1. The van der Waals surface area contributed by atoms with Gasteiger partial charge in [-0.05, 0) is 38.0 Å². The summed E-state index contributed by atoms with van der Waals surface area (Å²) in [5, 5.41) is 3.21. The highest BCUT2D eigenvalue weighted by atomic mass is 35.5. The number of nitrogens with zero attached hydrogens (tertiary/aromatic N) is 1. The molecule has 1 aliphatic carbocycles. The molecule has 1 aromatic carbocycles. The molecule has 1 aromatic rings. The highest BCUT2D eigenvalue weighted by Crippen LogP contribution is 2.28. The Balaban J connectivity index is 1.99. The van der Waals surface area contributed by atoms with Gasteiger partial charge in [-0.25, -0.2) is 8.42 Å². The Morgan fingerprint density at radius 1 is 1.22 bits per heavy atom. The second kappa shape index (κ2) is 10.3. The Morgan fingerprint density at radius 2 is 1.85 bits per heavy atom. The Hall–Kier alpha value is -1.31. The van der Waals surface area contributed by atoms with Crippen molar-refractivity contribution in [1.29, 1.82) is 0 Å². The molecule has 1 saturated carbocycles. The van der Waals surface area contributed by atoms with Crippen molar-refractivity contribution in [1.82, 2.24) is 9.62 Å². The maximum absolute atomic E-state index is 12.7. The molecule has 2 rings (SSSR count). The summed E-state index contributed by atoms with van der Waals surface area (Å²) in [6.45, 7) is 2.04. The smallest absolute Gasteiger partial charge is 0.243 e. The topological polar surface area (TPSA) is 75.7 Å². The van der Waals surface area contributed by atoms with E-state index in [1.807, 2.05) is 6.92 Å². The van der Waals surface area contributed by atoms with Crippen molar-refractivity contribution in [2.45, 2.75) is 62.8 Å². The number of carbonyl (C=O) groups is 1. The predicted molar refractivity (Wildman–Crippen MR) is 107 cm³/mol. The van der Waals surface area contributed by atoms with Gasteiger partial charge in [0.15, 0.2) is 0 Å². The largest absolute Gasteiger partial charge is 0.492 e. The zero-order valence-electron chi connectivity index (χ0n) is 16.0. The van der Waals surface area contributed by atoms with Crippen molar-refractivity contribution in [3.63, 3.8) is 0 Å². The molecule has 1 fully saturated rings. The summed E-state index contributed by atoms with van der Waals surface area (Å²) in [7, 11) is -2.41. The minimum atomic E-state index is -3.81. The molecule has 0 saturated heterocycles. The molecule has 8 heteroatoms. The summed E-state index contributed by atoms with van der Waals surface area (Å²) in [6.07, 6.45) is 7.76. The summed E-state index contributed by atoms with van der Waals surface area (Å²) in [5.74, 6) is 0.159. The average molecular weight is 417 g/mol. The summed E-state index contributed by atoms with van der Waals surface area (Å²) in [5.41, 5.74) is 0. The van der Waals surface area contributed by atoms with E-state index in [-0.39, 0.29) is 28.4 Å². The third-order valence-electron chi connectivity index (χ3n) is 4.75. The normalized spacial score (nSPS) is 16.6. The maximum Gasteiger partial charge on any atom is 0.243 e. The molecule has 0 radical (unpaired) electrons. The van der Waals surface area contributed by atoms with Gasteiger partial charge < -0.3 is 10.1 Å². The van der Waals surface area contributed by atoms with Crippen LogP contribution in [0, 0.1) is 0 Å². The second-order valence-corrected chi connectivity index (χ2v) is 9.35. The number of amides is 1. The maximum atomic E-state index is 12.7. The first-order valence-electron chi connectivity index (χ1n) is 9.52. The molecule has 1 N–H and O–H groups in total. The van der Waals surface area contributed by atoms with Crippen LogP contribution in [-0.4, -0.2) is 44.9 Å². The van der Waals surface area contributed by atoms with E-state index in [0.29, 0.717) is 12.4 Å². The number of carbonyl (C=O) groups excluding carboxylic acids is 1. The highest BCUT2D eigenvalue weighted by Gasteiger charge is 2.25. The fraction of sp³-hybridized carbons (Fsp3) is 0.632. The number of likely N-dealkylation sites (N-methyl/N-ethyl adjacent to an activating group) is 1. The third kappa shape index (κ3) is 6.36. The lowest BCUT2D eigenvalue weighted by Gasteiger charge is -2.23. The van der Waals surface area contributed by atoms with E-state index in [2.05, 4.69) is 5.32 Å². The molecule has 0 unspecified atom stereocenters. The van der Waals surface area contributed by atoms with Crippen LogP contribution in [0.1, 0.15) is 51.9 Å². The Labute approximate surface area is 167 Å². The molecule has 0 spiro atoms. The Morgan fingerprint density at radius 3 is 2.44 bits per heavy atom. The number of hydrogen-bond donors (Lipinski definition) is 1. The van der Waals surface area contributed by atoms with Crippen molar-refractivity contribution < 1.29 is 17.9 Å². The van der Waals surface area contributed by atoms with Crippen LogP contribution in [0.2, 0.25) is 5.02 Å².